The van der Waals surface area contributed by atoms with Crippen molar-refractivity contribution in [2.24, 2.45) is 4.99 Å². The van der Waals surface area contributed by atoms with E-state index >= 15 is 0 Å². The first-order chi connectivity index (χ1) is 15.0. The van der Waals surface area contributed by atoms with Gasteiger partial charge in [-0.15, -0.1) is 0 Å². The number of rotatable bonds is 5. The average Bonchev–Trinajstić information content (AvgIpc) is 3.18. The van der Waals surface area contributed by atoms with Crippen molar-refractivity contribution < 1.29 is 27.4 Å². The minimum atomic E-state index is -5.01. The largest absolute Gasteiger partial charge is 0.493 e. The van der Waals surface area contributed by atoms with Gasteiger partial charge in [0.05, 0.1) is 17.8 Å². The van der Waals surface area contributed by atoms with Gasteiger partial charge in [-0.2, -0.15) is 13.2 Å². The molecule has 1 aliphatic heterocycles. The summed E-state index contributed by atoms with van der Waals surface area (Å²) in [7, 11) is 0. The van der Waals surface area contributed by atoms with E-state index in [0.717, 1.165) is 0 Å². The number of aromatic nitrogens is 1. The first kappa shape index (κ1) is 22.2. The number of aliphatic imine (C=N–C) groups is 1. The predicted octanol–water partition coefficient (Wildman–Crippen LogP) is 5.67. The predicted molar refractivity (Wildman–Crippen MR) is 114 cm³/mol. The fraction of sp³-hybridized carbons (Fsp3) is 0.333. The number of benzene rings is 2. The van der Waals surface area contributed by atoms with Crippen LogP contribution in [0.5, 0.6) is 5.75 Å². The Labute approximate surface area is 182 Å². The molecule has 0 bridgehead atoms. The van der Waals surface area contributed by atoms with Gasteiger partial charge < -0.3 is 9.84 Å². The number of hydrogen-bond donors (Lipinski definition) is 1. The summed E-state index contributed by atoms with van der Waals surface area (Å²) in [6, 6.07) is 10.8. The molecule has 2 heterocycles. The molecule has 3 aromatic rings. The number of alkyl halides is 3. The molecule has 32 heavy (non-hydrogen) atoms. The van der Waals surface area contributed by atoms with Gasteiger partial charge in [0.15, 0.2) is 5.60 Å². The van der Waals surface area contributed by atoms with Gasteiger partial charge in [0.25, 0.3) is 0 Å². The Morgan fingerprint density at radius 2 is 1.94 bits per heavy atom. The van der Waals surface area contributed by atoms with Crippen molar-refractivity contribution in [2.45, 2.75) is 43.9 Å². The third-order valence-electron chi connectivity index (χ3n) is 5.72. The molecule has 0 saturated heterocycles. The van der Waals surface area contributed by atoms with Gasteiger partial charge in [-0.25, -0.2) is 4.39 Å². The third kappa shape index (κ3) is 4.07. The van der Waals surface area contributed by atoms with Crippen molar-refractivity contribution in [3.8, 4) is 5.75 Å². The van der Waals surface area contributed by atoms with Crippen LogP contribution >= 0.6 is 0 Å². The van der Waals surface area contributed by atoms with Gasteiger partial charge in [-0.05, 0) is 48.2 Å². The van der Waals surface area contributed by atoms with E-state index in [0.29, 0.717) is 41.5 Å². The molecule has 1 N–H and O–H groups in total. The molecule has 0 spiro atoms. The van der Waals surface area contributed by atoms with Crippen LogP contribution in [-0.2, 0) is 11.8 Å². The number of fused-ring (bicyclic) bond motifs is 2. The van der Waals surface area contributed by atoms with E-state index in [2.05, 4.69) is 9.98 Å². The number of hydrogen-bond acceptors (Lipinski definition) is 4. The Bertz CT molecular complexity index is 1190. The fourth-order valence-electron chi connectivity index (χ4n) is 4.14. The summed E-state index contributed by atoms with van der Waals surface area (Å²) in [6.45, 7) is 3.38. The van der Waals surface area contributed by atoms with Crippen LogP contribution in [0, 0.1) is 5.82 Å². The quantitative estimate of drug-likeness (QED) is 0.406. The summed E-state index contributed by atoms with van der Waals surface area (Å²) in [5, 5.41) is 11.3. The Morgan fingerprint density at radius 1 is 1.16 bits per heavy atom. The van der Waals surface area contributed by atoms with E-state index in [-0.39, 0.29) is 11.3 Å². The van der Waals surface area contributed by atoms with Crippen molar-refractivity contribution in [3.05, 3.63) is 65.6 Å². The smallest absolute Gasteiger partial charge is 0.422 e. The lowest BCUT2D eigenvalue weighted by atomic mass is 9.74. The molecule has 0 saturated carbocycles. The van der Waals surface area contributed by atoms with Crippen molar-refractivity contribution in [1.82, 2.24) is 4.98 Å². The zero-order valence-corrected chi connectivity index (χ0v) is 17.6. The van der Waals surface area contributed by atoms with Crippen LogP contribution in [0.25, 0.3) is 10.9 Å². The highest BCUT2D eigenvalue weighted by molar-refractivity contribution is 5.91. The van der Waals surface area contributed by atoms with Crippen molar-refractivity contribution in [2.75, 3.05) is 6.61 Å². The second-order valence-corrected chi connectivity index (χ2v) is 8.63. The summed E-state index contributed by atoms with van der Waals surface area (Å²) in [5.41, 5.74) is -2.79. The molecule has 4 nitrogen and oxygen atoms in total. The van der Waals surface area contributed by atoms with E-state index < -0.39 is 29.4 Å². The first-order valence-electron chi connectivity index (χ1n) is 10.1. The first-order valence-corrected chi connectivity index (χ1v) is 10.1. The molecule has 1 aliphatic rings. The maximum absolute atomic E-state index is 14.2. The molecule has 1 unspecified atom stereocenters. The number of ether oxygens (including phenoxy) is 1. The van der Waals surface area contributed by atoms with Gasteiger partial charge in [-0.3, -0.25) is 9.98 Å². The molecule has 0 aliphatic carbocycles. The normalized spacial score (nSPS) is 16.2. The summed E-state index contributed by atoms with van der Waals surface area (Å²) >= 11 is 0. The van der Waals surface area contributed by atoms with Crippen LogP contribution < -0.4 is 4.74 Å². The van der Waals surface area contributed by atoms with Gasteiger partial charge in [-0.1, -0.05) is 19.9 Å². The third-order valence-corrected chi connectivity index (χ3v) is 5.72. The van der Waals surface area contributed by atoms with Crippen molar-refractivity contribution in [1.29, 1.82) is 0 Å². The number of halogens is 4. The topological polar surface area (TPSA) is 54.7 Å². The molecule has 0 amide bonds. The summed E-state index contributed by atoms with van der Waals surface area (Å²) < 4.78 is 61.9. The van der Waals surface area contributed by atoms with E-state index in [1.54, 1.807) is 36.5 Å². The molecule has 168 valence electrons. The summed E-state index contributed by atoms with van der Waals surface area (Å²) in [4.78, 5) is 8.17. The highest BCUT2D eigenvalue weighted by Crippen LogP contribution is 2.45. The molecule has 4 rings (SSSR count). The Morgan fingerprint density at radius 3 is 2.69 bits per heavy atom. The monoisotopic (exact) mass is 446 g/mol. The van der Waals surface area contributed by atoms with Crippen molar-refractivity contribution >= 4 is 22.8 Å². The standard InChI is InChI=1S/C24H22F4N2O2/c1-22(2,18-12-16(25)11-15-8-10-32-21(15)18)13-23(31,24(26,27)28)14-30-20-7-3-6-19-17(20)5-4-9-29-19/h3-7,9,11-12,14,31H,8,10,13H2,1-2H3/b30-14+. The molecule has 1 aromatic heterocycles. The lowest BCUT2D eigenvalue weighted by molar-refractivity contribution is -0.234. The average molecular weight is 446 g/mol. The summed E-state index contributed by atoms with van der Waals surface area (Å²) in [6.07, 6.45) is -3.19. The molecule has 2 aromatic carbocycles. The summed E-state index contributed by atoms with van der Waals surface area (Å²) in [5.74, 6) is -0.164. The maximum Gasteiger partial charge on any atom is 0.422 e. The number of aliphatic hydroxyl groups is 1. The van der Waals surface area contributed by atoms with E-state index in [1.165, 1.54) is 26.0 Å². The van der Waals surface area contributed by atoms with Crippen LogP contribution in [-0.4, -0.2) is 34.7 Å². The zero-order chi connectivity index (χ0) is 23.1. The highest BCUT2D eigenvalue weighted by Gasteiger charge is 2.55. The van der Waals surface area contributed by atoms with Gasteiger partial charge in [0.2, 0.25) is 0 Å². The second kappa shape index (κ2) is 7.85. The van der Waals surface area contributed by atoms with E-state index in [1.807, 2.05) is 0 Å². The van der Waals surface area contributed by atoms with E-state index in [4.69, 9.17) is 4.74 Å². The van der Waals surface area contributed by atoms with Crippen molar-refractivity contribution in [3.63, 3.8) is 0 Å². The molecule has 1 atom stereocenters. The number of nitrogens with zero attached hydrogens (tertiary/aromatic N) is 2. The highest BCUT2D eigenvalue weighted by atomic mass is 19.4. The zero-order valence-electron chi connectivity index (χ0n) is 17.6. The van der Waals surface area contributed by atoms with Gasteiger partial charge in [0, 0.05) is 35.3 Å². The van der Waals surface area contributed by atoms with Gasteiger partial charge >= 0.3 is 6.18 Å². The van der Waals surface area contributed by atoms with Gasteiger partial charge in [0.1, 0.15) is 11.6 Å². The van der Waals surface area contributed by atoms with E-state index in [9.17, 15) is 22.7 Å². The minimum absolute atomic E-state index is 0.256. The second-order valence-electron chi connectivity index (χ2n) is 8.63. The lowest BCUT2D eigenvalue weighted by Gasteiger charge is -2.36. The van der Waals surface area contributed by atoms with Crippen LogP contribution in [0.15, 0.2) is 53.7 Å². The molecule has 0 radical (unpaired) electrons. The molecular weight excluding hydrogens is 424 g/mol. The Kier molecular flexibility index (Phi) is 5.45. The van der Waals surface area contributed by atoms with Crippen LogP contribution in [0.1, 0.15) is 31.4 Å². The van der Waals surface area contributed by atoms with Crippen LogP contribution in [0.4, 0.5) is 23.2 Å². The SMILES string of the molecule is CC(C)(CC(O)(/C=N/c1cccc2ncccc12)C(F)(F)F)c1cc(F)cc2c1OCC2. The molecular formula is C24H22F4N2O2. The fourth-order valence-corrected chi connectivity index (χ4v) is 4.14. The lowest BCUT2D eigenvalue weighted by Crippen LogP contribution is -2.50. The molecule has 0 fully saturated rings. The van der Waals surface area contributed by atoms with Crippen LogP contribution in [0.3, 0.4) is 0 Å². The number of pyridine rings is 1. The minimum Gasteiger partial charge on any atom is -0.493 e. The maximum atomic E-state index is 14.2. The molecule has 8 heteroatoms. The Balaban J connectivity index is 1.73. The Hall–Kier alpha value is -3.00. The van der Waals surface area contributed by atoms with Crippen LogP contribution in [0.2, 0.25) is 0 Å².